The number of thioether (sulfide) groups is 1. The fraction of sp³-hybridized carbons (Fsp3) is 0.667. The predicted octanol–water partition coefficient (Wildman–Crippen LogP) is -1.24. The van der Waals surface area contributed by atoms with E-state index in [0.717, 1.165) is 4.90 Å². The summed E-state index contributed by atoms with van der Waals surface area (Å²) in [6, 6.07) is 0. The standard InChI is InChI=1S/C9H16N2O5S/c1-16-2-3-17-6-8(13)11(4-7(10)12)5-9(14)15/h2-6H2,1H3,(H2,10,12)(H,14,15). The smallest absolute Gasteiger partial charge is 0.323 e. The Labute approximate surface area is 103 Å². The van der Waals surface area contributed by atoms with Crippen molar-refractivity contribution in [3.63, 3.8) is 0 Å². The number of carboxylic acids is 1. The monoisotopic (exact) mass is 264 g/mol. The topological polar surface area (TPSA) is 110 Å². The van der Waals surface area contributed by atoms with Crippen molar-refractivity contribution in [1.82, 2.24) is 4.90 Å². The maximum absolute atomic E-state index is 11.6. The summed E-state index contributed by atoms with van der Waals surface area (Å²) >= 11 is 1.31. The van der Waals surface area contributed by atoms with E-state index in [2.05, 4.69) is 0 Å². The molecule has 0 aliphatic rings. The lowest BCUT2D eigenvalue weighted by Gasteiger charge is -2.18. The zero-order valence-corrected chi connectivity index (χ0v) is 10.4. The number of carbonyl (C=O) groups is 3. The molecule has 0 aliphatic heterocycles. The van der Waals surface area contributed by atoms with Gasteiger partial charge < -0.3 is 20.5 Å². The van der Waals surface area contributed by atoms with Crippen LogP contribution in [0.3, 0.4) is 0 Å². The molecule has 98 valence electrons. The molecule has 0 aromatic rings. The van der Waals surface area contributed by atoms with Crippen LogP contribution in [0.1, 0.15) is 0 Å². The molecular weight excluding hydrogens is 248 g/mol. The van der Waals surface area contributed by atoms with Crippen molar-refractivity contribution in [3.05, 3.63) is 0 Å². The highest BCUT2D eigenvalue weighted by Crippen LogP contribution is 2.02. The van der Waals surface area contributed by atoms with Crippen LogP contribution in [0.4, 0.5) is 0 Å². The van der Waals surface area contributed by atoms with Crippen LogP contribution < -0.4 is 5.73 Å². The lowest BCUT2D eigenvalue weighted by atomic mass is 10.4. The Morgan fingerprint density at radius 1 is 1.35 bits per heavy atom. The van der Waals surface area contributed by atoms with Crippen LogP contribution in [0.15, 0.2) is 0 Å². The van der Waals surface area contributed by atoms with Crippen molar-refractivity contribution in [3.8, 4) is 0 Å². The van der Waals surface area contributed by atoms with Crippen molar-refractivity contribution in [1.29, 1.82) is 0 Å². The van der Waals surface area contributed by atoms with Crippen LogP contribution >= 0.6 is 11.8 Å². The number of hydrogen-bond acceptors (Lipinski definition) is 5. The van der Waals surface area contributed by atoms with Crippen molar-refractivity contribution in [2.24, 2.45) is 5.73 Å². The first-order valence-corrected chi connectivity index (χ1v) is 5.97. The highest BCUT2D eigenvalue weighted by Gasteiger charge is 2.18. The number of aliphatic carboxylic acids is 1. The molecule has 0 bridgehead atoms. The summed E-state index contributed by atoms with van der Waals surface area (Å²) in [4.78, 5) is 33.7. The van der Waals surface area contributed by atoms with Crippen LogP contribution in [-0.4, -0.2) is 66.1 Å². The molecule has 7 nitrogen and oxygen atoms in total. The summed E-state index contributed by atoms with van der Waals surface area (Å²) in [5, 5.41) is 8.58. The van der Waals surface area contributed by atoms with Gasteiger partial charge in [0.15, 0.2) is 0 Å². The van der Waals surface area contributed by atoms with E-state index in [-0.39, 0.29) is 12.3 Å². The number of hydrogen-bond donors (Lipinski definition) is 2. The van der Waals surface area contributed by atoms with Gasteiger partial charge in [0.25, 0.3) is 0 Å². The zero-order valence-electron chi connectivity index (χ0n) is 9.55. The molecule has 0 saturated heterocycles. The Hall–Kier alpha value is -1.28. The maximum Gasteiger partial charge on any atom is 0.323 e. The van der Waals surface area contributed by atoms with Crippen LogP contribution in [0, 0.1) is 0 Å². The molecule has 0 unspecified atom stereocenters. The summed E-state index contributed by atoms with van der Waals surface area (Å²) in [7, 11) is 1.55. The Kier molecular flexibility index (Phi) is 8.16. The Bertz CT molecular complexity index is 269. The number of nitrogens with zero attached hydrogens (tertiary/aromatic N) is 1. The van der Waals surface area contributed by atoms with Crippen molar-refractivity contribution < 1.29 is 24.2 Å². The van der Waals surface area contributed by atoms with Gasteiger partial charge in [0.1, 0.15) is 6.54 Å². The number of ether oxygens (including phenoxy) is 1. The molecular formula is C9H16N2O5S. The van der Waals surface area contributed by atoms with E-state index in [4.69, 9.17) is 15.6 Å². The third-order valence-electron chi connectivity index (χ3n) is 1.68. The SMILES string of the molecule is COCCSCC(=O)N(CC(N)=O)CC(=O)O. The highest BCUT2D eigenvalue weighted by atomic mass is 32.2. The third kappa shape index (κ3) is 8.52. The van der Waals surface area contributed by atoms with Gasteiger partial charge in [-0.3, -0.25) is 14.4 Å². The molecule has 0 aromatic carbocycles. The second kappa shape index (κ2) is 8.82. The molecule has 0 rings (SSSR count). The van der Waals surface area contributed by atoms with E-state index in [1.807, 2.05) is 0 Å². The van der Waals surface area contributed by atoms with Crippen LogP contribution in [0.25, 0.3) is 0 Å². The first-order chi connectivity index (χ1) is 7.97. The third-order valence-corrected chi connectivity index (χ3v) is 2.59. The lowest BCUT2D eigenvalue weighted by molar-refractivity contribution is -0.144. The van der Waals surface area contributed by atoms with Gasteiger partial charge in [-0.05, 0) is 0 Å². The number of carbonyl (C=O) groups excluding carboxylic acids is 2. The molecule has 0 atom stereocenters. The quantitative estimate of drug-likeness (QED) is 0.504. The van der Waals surface area contributed by atoms with Crippen LogP contribution in [-0.2, 0) is 19.1 Å². The van der Waals surface area contributed by atoms with E-state index in [1.165, 1.54) is 11.8 Å². The predicted molar refractivity (Wildman–Crippen MR) is 62.6 cm³/mol. The van der Waals surface area contributed by atoms with E-state index in [9.17, 15) is 14.4 Å². The molecule has 0 fully saturated rings. The second-order valence-electron chi connectivity index (χ2n) is 3.16. The summed E-state index contributed by atoms with van der Waals surface area (Å²) in [5.41, 5.74) is 4.93. The molecule has 0 heterocycles. The van der Waals surface area contributed by atoms with Crippen molar-refractivity contribution in [2.75, 3.05) is 38.3 Å². The van der Waals surface area contributed by atoms with E-state index >= 15 is 0 Å². The first-order valence-electron chi connectivity index (χ1n) is 4.82. The molecule has 0 aromatic heterocycles. The summed E-state index contributed by atoms with van der Waals surface area (Å²) < 4.78 is 4.80. The summed E-state index contributed by atoms with van der Waals surface area (Å²) in [6.45, 7) is -0.394. The van der Waals surface area contributed by atoms with E-state index in [1.54, 1.807) is 7.11 Å². The molecule has 8 heteroatoms. The number of nitrogens with two attached hydrogens (primary N) is 1. The number of amides is 2. The van der Waals surface area contributed by atoms with Gasteiger partial charge in [-0.25, -0.2) is 0 Å². The Morgan fingerprint density at radius 3 is 2.47 bits per heavy atom. The van der Waals surface area contributed by atoms with Gasteiger partial charge in [-0.15, -0.1) is 11.8 Å². The average molecular weight is 264 g/mol. The second-order valence-corrected chi connectivity index (χ2v) is 4.26. The van der Waals surface area contributed by atoms with Gasteiger partial charge >= 0.3 is 5.97 Å². The largest absolute Gasteiger partial charge is 0.480 e. The van der Waals surface area contributed by atoms with Gasteiger partial charge in [0.05, 0.1) is 18.9 Å². The average Bonchev–Trinajstić information content (AvgIpc) is 2.22. The summed E-state index contributed by atoms with van der Waals surface area (Å²) in [6.07, 6.45) is 0. The minimum Gasteiger partial charge on any atom is -0.480 e. The van der Waals surface area contributed by atoms with Crippen LogP contribution in [0.5, 0.6) is 0 Å². The maximum atomic E-state index is 11.6. The van der Waals surface area contributed by atoms with E-state index in [0.29, 0.717) is 12.4 Å². The van der Waals surface area contributed by atoms with E-state index < -0.39 is 24.3 Å². The lowest BCUT2D eigenvalue weighted by Crippen LogP contribution is -2.42. The Morgan fingerprint density at radius 2 is 2.00 bits per heavy atom. The molecule has 2 amide bonds. The van der Waals surface area contributed by atoms with Crippen LogP contribution in [0.2, 0.25) is 0 Å². The molecule has 0 radical (unpaired) electrons. The number of primary amides is 1. The minimum absolute atomic E-state index is 0.101. The molecule has 0 aliphatic carbocycles. The minimum atomic E-state index is -1.18. The number of methoxy groups -OCH3 is 1. The molecule has 0 spiro atoms. The molecule has 3 N–H and O–H groups in total. The van der Waals surface area contributed by atoms with Crippen molar-refractivity contribution in [2.45, 2.75) is 0 Å². The Balaban J connectivity index is 4.12. The van der Waals surface area contributed by atoms with Gasteiger partial charge in [0.2, 0.25) is 11.8 Å². The van der Waals surface area contributed by atoms with Crippen molar-refractivity contribution >= 4 is 29.5 Å². The molecule has 0 saturated carbocycles. The highest BCUT2D eigenvalue weighted by molar-refractivity contribution is 7.99. The van der Waals surface area contributed by atoms with Gasteiger partial charge in [0, 0.05) is 12.9 Å². The fourth-order valence-electron chi connectivity index (χ4n) is 0.977. The number of rotatable bonds is 9. The van der Waals surface area contributed by atoms with Gasteiger partial charge in [-0.1, -0.05) is 0 Å². The first kappa shape index (κ1) is 15.7. The fourth-order valence-corrected chi connectivity index (χ4v) is 1.76. The normalized spacial score (nSPS) is 9.94. The summed E-state index contributed by atoms with van der Waals surface area (Å²) in [5.74, 6) is -1.61. The van der Waals surface area contributed by atoms with Gasteiger partial charge in [-0.2, -0.15) is 0 Å². The zero-order chi connectivity index (χ0) is 13.3. The number of carboxylic acid groups (broad SMARTS) is 1. The molecule has 17 heavy (non-hydrogen) atoms.